The number of hydrogen-bond donors (Lipinski definition) is 0. The predicted octanol–water partition coefficient (Wildman–Crippen LogP) is 4.33. The van der Waals surface area contributed by atoms with E-state index in [1.54, 1.807) is 0 Å². The Morgan fingerprint density at radius 1 is 0.875 bits per heavy atom. The highest BCUT2D eigenvalue weighted by Crippen LogP contribution is 2.30. The molecule has 0 saturated heterocycles. The van der Waals surface area contributed by atoms with E-state index in [1.165, 1.54) is 50.5 Å². The first-order valence-corrected chi connectivity index (χ1v) is 6.45. The van der Waals surface area contributed by atoms with E-state index < -0.39 is 0 Å². The van der Waals surface area contributed by atoms with Gasteiger partial charge >= 0.3 is 0 Å². The number of benzene rings is 1. The average molecular weight is 216 g/mol. The Hall–Kier alpha value is -1.11. The van der Waals surface area contributed by atoms with E-state index in [4.69, 9.17) is 0 Å². The molecule has 1 aromatic rings. The van der Waals surface area contributed by atoms with Gasteiger partial charge < -0.3 is 0 Å². The normalized spacial score (nSPS) is 18.8. The van der Waals surface area contributed by atoms with Crippen LogP contribution < -0.4 is 0 Å². The van der Waals surface area contributed by atoms with Crippen molar-refractivity contribution in [3.05, 3.63) is 35.4 Å². The van der Waals surface area contributed by atoms with Crippen molar-refractivity contribution in [3.63, 3.8) is 0 Å². The fourth-order valence-electron chi connectivity index (χ4n) is 2.64. The summed E-state index contributed by atoms with van der Waals surface area (Å²) in [6, 6.07) is 8.16. The van der Waals surface area contributed by atoms with E-state index >= 15 is 0 Å². The van der Waals surface area contributed by atoms with Gasteiger partial charge in [-0.15, -0.1) is 0 Å². The summed E-state index contributed by atoms with van der Waals surface area (Å²) in [7, 11) is 0. The zero-order chi connectivity index (χ0) is 11.2. The number of carbonyl (C=O) groups excluding carboxylic acids is 1. The summed E-state index contributed by atoms with van der Waals surface area (Å²) in [6.45, 7) is 0. The van der Waals surface area contributed by atoms with Gasteiger partial charge in [0.15, 0.2) is 0 Å². The molecule has 0 unspecified atom stereocenters. The van der Waals surface area contributed by atoms with E-state index in [2.05, 4.69) is 12.1 Å². The first-order valence-electron chi connectivity index (χ1n) is 6.45. The maximum Gasteiger partial charge on any atom is 0.150 e. The summed E-state index contributed by atoms with van der Waals surface area (Å²) < 4.78 is 0. The van der Waals surface area contributed by atoms with Crippen LogP contribution in [0, 0.1) is 0 Å². The Kier molecular flexibility index (Phi) is 4.15. The van der Waals surface area contributed by atoms with Gasteiger partial charge in [-0.25, -0.2) is 0 Å². The van der Waals surface area contributed by atoms with Crippen molar-refractivity contribution < 1.29 is 4.79 Å². The molecule has 1 aliphatic carbocycles. The third kappa shape index (κ3) is 2.94. The predicted molar refractivity (Wildman–Crippen MR) is 66.9 cm³/mol. The highest BCUT2D eigenvalue weighted by Gasteiger charge is 2.13. The lowest BCUT2D eigenvalue weighted by molar-refractivity contribution is 0.112. The van der Waals surface area contributed by atoms with Crippen molar-refractivity contribution in [2.24, 2.45) is 0 Å². The molecular formula is C15H20O. The van der Waals surface area contributed by atoms with Gasteiger partial charge in [-0.1, -0.05) is 56.4 Å². The van der Waals surface area contributed by atoms with Gasteiger partial charge in [0.1, 0.15) is 6.29 Å². The number of carbonyl (C=O) groups is 1. The summed E-state index contributed by atoms with van der Waals surface area (Å²) in [4.78, 5) is 10.6. The number of aldehydes is 1. The van der Waals surface area contributed by atoms with Crippen LogP contribution in [0.15, 0.2) is 24.3 Å². The minimum absolute atomic E-state index is 0.723. The van der Waals surface area contributed by atoms with Crippen LogP contribution in [0.25, 0.3) is 0 Å². The molecule has 1 fully saturated rings. The Bertz CT molecular complexity index is 318. The molecule has 1 aliphatic rings. The second-order valence-corrected chi connectivity index (χ2v) is 4.83. The zero-order valence-electron chi connectivity index (χ0n) is 9.82. The van der Waals surface area contributed by atoms with Crippen LogP contribution in [0.5, 0.6) is 0 Å². The summed E-state index contributed by atoms with van der Waals surface area (Å²) >= 11 is 0. The van der Waals surface area contributed by atoms with E-state index in [1.807, 2.05) is 12.1 Å². The number of hydrogen-bond acceptors (Lipinski definition) is 1. The summed E-state index contributed by atoms with van der Waals surface area (Å²) in [5.41, 5.74) is 2.21. The Labute approximate surface area is 97.9 Å². The smallest absolute Gasteiger partial charge is 0.150 e. The molecule has 1 saturated carbocycles. The Balaban J connectivity index is 2.05. The average Bonchev–Trinajstić information content (AvgIpc) is 2.29. The molecule has 0 atom stereocenters. The Morgan fingerprint density at radius 2 is 1.44 bits per heavy atom. The molecule has 0 aliphatic heterocycles. The molecule has 1 heteroatoms. The summed E-state index contributed by atoms with van der Waals surface area (Å²) in [5, 5.41) is 0. The summed E-state index contributed by atoms with van der Waals surface area (Å²) in [6.07, 6.45) is 10.5. The molecule has 0 amide bonds. The van der Waals surface area contributed by atoms with Crippen LogP contribution in [-0.2, 0) is 0 Å². The quantitative estimate of drug-likeness (QED) is 0.672. The second-order valence-electron chi connectivity index (χ2n) is 4.83. The molecule has 0 N–H and O–H groups in total. The highest BCUT2D eigenvalue weighted by molar-refractivity contribution is 5.74. The lowest BCUT2D eigenvalue weighted by atomic mass is 9.86. The standard InChI is InChI=1S/C15H20O/c16-12-13-8-10-15(11-9-13)14-6-4-2-1-3-5-7-14/h8-12,14H,1-7H2. The highest BCUT2D eigenvalue weighted by atomic mass is 16.1. The molecule has 2 rings (SSSR count). The fraction of sp³-hybridized carbons (Fsp3) is 0.533. The van der Waals surface area contributed by atoms with Crippen LogP contribution in [0.1, 0.15) is 66.8 Å². The maximum atomic E-state index is 10.6. The molecule has 1 aromatic carbocycles. The van der Waals surface area contributed by atoms with Gasteiger partial charge in [-0.05, 0) is 24.3 Å². The molecule has 0 radical (unpaired) electrons. The van der Waals surface area contributed by atoms with E-state index in [9.17, 15) is 4.79 Å². The van der Waals surface area contributed by atoms with Crippen molar-refractivity contribution in [1.29, 1.82) is 0 Å². The maximum absolute atomic E-state index is 10.6. The van der Waals surface area contributed by atoms with E-state index in [0.29, 0.717) is 0 Å². The lowest BCUT2D eigenvalue weighted by Gasteiger charge is -2.20. The first-order chi connectivity index (χ1) is 7.90. The monoisotopic (exact) mass is 216 g/mol. The first kappa shape index (κ1) is 11.4. The molecular weight excluding hydrogens is 196 g/mol. The van der Waals surface area contributed by atoms with Crippen LogP contribution in [0.4, 0.5) is 0 Å². The zero-order valence-corrected chi connectivity index (χ0v) is 9.82. The van der Waals surface area contributed by atoms with Crippen molar-refractivity contribution in [2.45, 2.75) is 50.9 Å². The molecule has 0 aromatic heterocycles. The van der Waals surface area contributed by atoms with E-state index in [0.717, 1.165) is 17.8 Å². The molecule has 86 valence electrons. The number of rotatable bonds is 2. The van der Waals surface area contributed by atoms with Crippen LogP contribution in [-0.4, -0.2) is 6.29 Å². The molecule has 1 nitrogen and oxygen atoms in total. The van der Waals surface area contributed by atoms with Gasteiger partial charge in [0.05, 0.1) is 0 Å². The molecule has 0 spiro atoms. The van der Waals surface area contributed by atoms with E-state index in [-0.39, 0.29) is 0 Å². The fourth-order valence-corrected chi connectivity index (χ4v) is 2.64. The molecule has 0 heterocycles. The van der Waals surface area contributed by atoms with Crippen molar-refractivity contribution in [2.75, 3.05) is 0 Å². The SMILES string of the molecule is O=Cc1ccc(C2CCCCCCC2)cc1. The van der Waals surface area contributed by atoms with Gasteiger partial charge in [0, 0.05) is 5.56 Å². The van der Waals surface area contributed by atoms with Gasteiger partial charge in [0.25, 0.3) is 0 Å². The largest absolute Gasteiger partial charge is 0.298 e. The topological polar surface area (TPSA) is 17.1 Å². The van der Waals surface area contributed by atoms with Gasteiger partial charge in [-0.2, -0.15) is 0 Å². The summed E-state index contributed by atoms with van der Waals surface area (Å²) in [5.74, 6) is 0.723. The lowest BCUT2D eigenvalue weighted by Crippen LogP contribution is -2.02. The third-order valence-electron chi connectivity index (χ3n) is 3.65. The van der Waals surface area contributed by atoms with Crippen LogP contribution in [0.3, 0.4) is 0 Å². The van der Waals surface area contributed by atoms with Crippen molar-refractivity contribution in [1.82, 2.24) is 0 Å². The van der Waals surface area contributed by atoms with Gasteiger partial charge in [-0.3, -0.25) is 4.79 Å². The van der Waals surface area contributed by atoms with Crippen molar-refractivity contribution >= 4 is 6.29 Å². The minimum Gasteiger partial charge on any atom is -0.298 e. The Morgan fingerprint density at radius 3 is 2.00 bits per heavy atom. The molecule has 16 heavy (non-hydrogen) atoms. The van der Waals surface area contributed by atoms with Crippen LogP contribution in [0.2, 0.25) is 0 Å². The minimum atomic E-state index is 0.723. The van der Waals surface area contributed by atoms with Gasteiger partial charge in [0.2, 0.25) is 0 Å². The third-order valence-corrected chi connectivity index (χ3v) is 3.65. The van der Waals surface area contributed by atoms with Crippen LogP contribution >= 0.6 is 0 Å². The van der Waals surface area contributed by atoms with Crippen molar-refractivity contribution in [3.8, 4) is 0 Å². The molecule has 0 bridgehead atoms. The second kappa shape index (κ2) is 5.83.